The van der Waals surface area contributed by atoms with Gasteiger partial charge in [0, 0.05) is 0 Å². The Kier molecular flexibility index (Phi) is 2.31. The molecule has 0 heterocycles. The third-order valence-corrected chi connectivity index (χ3v) is 2.48. The fourth-order valence-corrected chi connectivity index (χ4v) is 1.65. The maximum atomic E-state index is 2.31. The predicted octanol–water partition coefficient (Wildman–Crippen LogP) is 3.37. The molecule has 0 fully saturated rings. The first kappa shape index (κ1) is 8.31. The van der Waals surface area contributed by atoms with Crippen LogP contribution in [0.4, 0.5) is 0 Å². The number of hydrogen-bond donors (Lipinski definition) is 0. The summed E-state index contributed by atoms with van der Waals surface area (Å²) in [5.41, 5.74) is 4.24. The molecule has 0 amide bonds. The highest BCUT2D eigenvalue weighted by atomic mass is 14.1. The van der Waals surface area contributed by atoms with Crippen LogP contribution in [-0.2, 0) is 12.8 Å². The smallest absolute Gasteiger partial charge is 0.00883 e. The number of aryl methyl sites for hydroxylation is 1. The lowest BCUT2D eigenvalue weighted by molar-refractivity contribution is 1.12. The van der Waals surface area contributed by atoms with Crippen molar-refractivity contribution in [2.45, 2.75) is 19.8 Å². The summed E-state index contributed by atoms with van der Waals surface area (Å²) in [6, 6.07) is 6.75. The van der Waals surface area contributed by atoms with Gasteiger partial charge in [0.2, 0.25) is 0 Å². The SMILES string of the molecule is CCc1ccc2c(c1)CC=CC=C2. The molecule has 0 heteroatoms. The number of benzene rings is 1. The van der Waals surface area contributed by atoms with Crippen LogP contribution in [0.2, 0.25) is 0 Å². The molecule has 0 saturated heterocycles. The first-order valence-electron chi connectivity index (χ1n) is 4.85. The van der Waals surface area contributed by atoms with Gasteiger partial charge in [-0.1, -0.05) is 49.4 Å². The summed E-state index contributed by atoms with van der Waals surface area (Å²) in [5.74, 6) is 0. The lowest BCUT2D eigenvalue weighted by Crippen LogP contribution is -1.89. The van der Waals surface area contributed by atoms with Crippen molar-refractivity contribution in [2.24, 2.45) is 0 Å². The van der Waals surface area contributed by atoms with Gasteiger partial charge in [-0.25, -0.2) is 0 Å². The van der Waals surface area contributed by atoms with Gasteiger partial charge in [0.05, 0.1) is 0 Å². The van der Waals surface area contributed by atoms with Gasteiger partial charge in [-0.15, -0.1) is 0 Å². The molecule has 66 valence electrons. The minimum atomic E-state index is 1.07. The van der Waals surface area contributed by atoms with E-state index in [-0.39, 0.29) is 0 Å². The van der Waals surface area contributed by atoms with E-state index in [1.54, 1.807) is 0 Å². The van der Waals surface area contributed by atoms with E-state index in [1.165, 1.54) is 16.7 Å². The zero-order chi connectivity index (χ0) is 9.10. The molecule has 1 aromatic carbocycles. The molecule has 1 aliphatic carbocycles. The van der Waals surface area contributed by atoms with E-state index >= 15 is 0 Å². The van der Waals surface area contributed by atoms with Crippen LogP contribution in [0.15, 0.2) is 36.4 Å². The van der Waals surface area contributed by atoms with Crippen LogP contribution in [-0.4, -0.2) is 0 Å². The first-order chi connectivity index (χ1) is 6.40. The van der Waals surface area contributed by atoms with E-state index in [4.69, 9.17) is 0 Å². The van der Waals surface area contributed by atoms with Gasteiger partial charge < -0.3 is 0 Å². The summed E-state index contributed by atoms with van der Waals surface area (Å²) in [6.45, 7) is 2.20. The normalized spacial score (nSPS) is 13.9. The van der Waals surface area contributed by atoms with Crippen molar-refractivity contribution in [1.29, 1.82) is 0 Å². The van der Waals surface area contributed by atoms with Crippen LogP contribution in [0.25, 0.3) is 6.08 Å². The molecule has 0 unspecified atom stereocenters. The van der Waals surface area contributed by atoms with E-state index in [1.807, 2.05) is 0 Å². The first-order valence-corrected chi connectivity index (χ1v) is 4.85. The molecule has 0 aromatic heterocycles. The van der Waals surface area contributed by atoms with Gasteiger partial charge in [-0.05, 0) is 29.5 Å². The summed E-state index contributed by atoms with van der Waals surface area (Å²) < 4.78 is 0. The number of allylic oxidation sites excluding steroid dienone is 3. The van der Waals surface area contributed by atoms with Gasteiger partial charge in [-0.2, -0.15) is 0 Å². The van der Waals surface area contributed by atoms with Crippen LogP contribution >= 0.6 is 0 Å². The van der Waals surface area contributed by atoms with Crippen molar-refractivity contribution in [2.75, 3.05) is 0 Å². The molecular weight excluding hydrogens is 156 g/mol. The summed E-state index contributed by atoms with van der Waals surface area (Å²) in [7, 11) is 0. The largest absolute Gasteiger partial charge is 0.0801 e. The molecule has 1 aromatic rings. The predicted molar refractivity (Wildman–Crippen MR) is 57.7 cm³/mol. The minimum Gasteiger partial charge on any atom is -0.0801 e. The van der Waals surface area contributed by atoms with E-state index in [0.717, 1.165) is 12.8 Å². The van der Waals surface area contributed by atoms with E-state index in [2.05, 4.69) is 49.4 Å². The Morgan fingerprint density at radius 2 is 2.15 bits per heavy atom. The Labute approximate surface area is 79.6 Å². The van der Waals surface area contributed by atoms with Crippen LogP contribution < -0.4 is 0 Å². The Bertz CT molecular complexity index is 356. The number of hydrogen-bond acceptors (Lipinski definition) is 0. The summed E-state index contributed by atoms with van der Waals surface area (Å²) >= 11 is 0. The van der Waals surface area contributed by atoms with E-state index in [9.17, 15) is 0 Å². The maximum Gasteiger partial charge on any atom is -0.00883 e. The molecule has 1 aliphatic rings. The number of fused-ring (bicyclic) bond motifs is 1. The van der Waals surface area contributed by atoms with Crippen molar-refractivity contribution >= 4 is 6.08 Å². The molecule has 0 N–H and O–H groups in total. The van der Waals surface area contributed by atoms with Crippen molar-refractivity contribution in [3.8, 4) is 0 Å². The van der Waals surface area contributed by atoms with Crippen LogP contribution in [0.1, 0.15) is 23.6 Å². The molecule has 0 atom stereocenters. The second-order valence-corrected chi connectivity index (χ2v) is 3.38. The third-order valence-electron chi connectivity index (χ3n) is 2.48. The third kappa shape index (κ3) is 1.72. The second kappa shape index (κ2) is 3.61. The average Bonchev–Trinajstić information content (AvgIpc) is 2.41. The maximum absolute atomic E-state index is 2.31. The Balaban J connectivity index is 2.45. The standard InChI is InChI=1S/C13H14/c1-2-11-8-9-12-6-4-3-5-7-13(12)10-11/h3-6,8-10H,2,7H2,1H3. The van der Waals surface area contributed by atoms with E-state index < -0.39 is 0 Å². The van der Waals surface area contributed by atoms with Gasteiger partial charge in [-0.3, -0.25) is 0 Å². The monoisotopic (exact) mass is 170 g/mol. The average molecular weight is 170 g/mol. The molecule has 13 heavy (non-hydrogen) atoms. The molecule has 0 saturated carbocycles. The highest BCUT2D eigenvalue weighted by molar-refractivity contribution is 5.58. The highest BCUT2D eigenvalue weighted by Gasteiger charge is 2.00. The van der Waals surface area contributed by atoms with Crippen molar-refractivity contribution in [3.05, 3.63) is 53.1 Å². The quantitative estimate of drug-likeness (QED) is 0.606. The Hall–Kier alpha value is -1.30. The molecule has 0 aliphatic heterocycles. The molecular formula is C13H14. The van der Waals surface area contributed by atoms with Gasteiger partial charge in [0.1, 0.15) is 0 Å². The van der Waals surface area contributed by atoms with Gasteiger partial charge in [0.25, 0.3) is 0 Å². The molecule has 2 rings (SSSR count). The second-order valence-electron chi connectivity index (χ2n) is 3.38. The van der Waals surface area contributed by atoms with Gasteiger partial charge >= 0.3 is 0 Å². The summed E-state index contributed by atoms with van der Waals surface area (Å²) in [5, 5.41) is 0. The van der Waals surface area contributed by atoms with Crippen molar-refractivity contribution in [1.82, 2.24) is 0 Å². The number of rotatable bonds is 1. The highest BCUT2D eigenvalue weighted by Crippen LogP contribution is 2.17. The Morgan fingerprint density at radius 1 is 1.23 bits per heavy atom. The molecule has 0 spiro atoms. The van der Waals surface area contributed by atoms with E-state index in [0.29, 0.717) is 0 Å². The molecule has 0 radical (unpaired) electrons. The fraction of sp³-hybridized carbons (Fsp3) is 0.231. The van der Waals surface area contributed by atoms with Crippen molar-refractivity contribution in [3.63, 3.8) is 0 Å². The van der Waals surface area contributed by atoms with Gasteiger partial charge in [0.15, 0.2) is 0 Å². The zero-order valence-corrected chi connectivity index (χ0v) is 7.96. The molecule has 0 bridgehead atoms. The minimum absolute atomic E-state index is 1.07. The van der Waals surface area contributed by atoms with Crippen LogP contribution in [0.3, 0.4) is 0 Å². The van der Waals surface area contributed by atoms with Crippen LogP contribution in [0, 0.1) is 0 Å². The summed E-state index contributed by atoms with van der Waals surface area (Å²) in [4.78, 5) is 0. The summed E-state index contributed by atoms with van der Waals surface area (Å²) in [6.07, 6.45) is 10.8. The van der Waals surface area contributed by atoms with Crippen LogP contribution in [0.5, 0.6) is 0 Å². The lowest BCUT2D eigenvalue weighted by Gasteiger charge is -2.04. The van der Waals surface area contributed by atoms with Crippen molar-refractivity contribution < 1.29 is 0 Å². The lowest BCUT2D eigenvalue weighted by atomic mass is 10.0. The fourth-order valence-electron chi connectivity index (χ4n) is 1.65. The zero-order valence-electron chi connectivity index (χ0n) is 7.96. The topological polar surface area (TPSA) is 0 Å². The molecule has 0 nitrogen and oxygen atoms in total. The Morgan fingerprint density at radius 3 is 3.00 bits per heavy atom.